The molecule has 8 nitrogen and oxygen atoms in total. The molecular weight excluding hydrogens is 494 g/mol. The van der Waals surface area contributed by atoms with Crippen LogP contribution in [0.2, 0.25) is 0 Å². The summed E-state index contributed by atoms with van der Waals surface area (Å²) in [4.78, 5) is 37.0. The Bertz CT molecular complexity index is 1390. The van der Waals surface area contributed by atoms with Gasteiger partial charge < -0.3 is 25.4 Å². The number of amides is 1. The topological polar surface area (TPSA) is 106 Å². The van der Waals surface area contributed by atoms with Crippen molar-refractivity contribution in [2.24, 2.45) is 0 Å². The highest BCUT2D eigenvalue weighted by molar-refractivity contribution is 6.37. The van der Waals surface area contributed by atoms with Crippen LogP contribution in [-0.2, 0) is 25.6 Å². The molecule has 1 heterocycles. The summed E-state index contributed by atoms with van der Waals surface area (Å²) in [5, 5.41) is 9.58. The number of carbonyl (C=O) groups excluding carboxylic acids is 3. The average Bonchev–Trinajstić information content (AvgIpc) is 3.24. The third-order valence-corrected chi connectivity index (χ3v) is 5.98. The molecule has 3 aromatic rings. The minimum absolute atomic E-state index is 0.227. The third kappa shape index (κ3) is 7.12. The Morgan fingerprint density at radius 2 is 1.64 bits per heavy atom. The quantitative estimate of drug-likeness (QED) is 0.199. The van der Waals surface area contributed by atoms with E-state index in [0.717, 1.165) is 16.8 Å². The van der Waals surface area contributed by atoms with Gasteiger partial charge in [0.2, 0.25) is 0 Å². The van der Waals surface area contributed by atoms with Crippen LogP contribution in [-0.4, -0.2) is 37.1 Å². The van der Waals surface area contributed by atoms with Gasteiger partial charge in [0, 0.05) is 24.3 Å². The maximum Gasteiger partial charge on any atom is 0.337 e. The number of fused-ring (bicyclic) bond motifs is 1. The molecule has 0 fully saturated rings. The maximum absolute atomic E-state index is 13.1. The fraction of sp³-hybridized carbons (Fsp3) is 0.258. The normalized spacial score (nSPS) is 13.8. The zero-order chi connectivity index (χ0) is 28.0. The summed E-state index contributed by atoms with van der Waals surface area (Å²) in [5.41, 5.74) is 4.99. The molecule has 3 aromatic carbocycles. The average molecular weight is 528 g/mol. The molecule has 1 amide bonds. The van der Waals surface area contributed by atoms with E-state index < -0.39 is 11.6 Å². The molecule has 0 spiro atoms. The van der Waals surface area contributed by atoms with Gasteiger partial charge in [-0.25, -0.2) is 4.79 Å². The lowest BCUT2D eigenvalue weighted by atomic mass is 9.99. The van der Waals surface area contributed by atoms with Gasteiger partial charge in [-0.3, -0.25) is 9.59 Å². The molecule has 39 heavy (non-hydrogen) atoms. The molecule has 202 valence electrons. The lowest BCUT2D eigenvalue weighted by Gasteiger charge is -2.19. The molecule has 0 aliphatic carbocycles. The third-order valence-electron chi connectivity index (χ3n) is 5.98. The van der Waals surface area contributed by atoms with Crippen LogP contribution in [0.25, 0.3) is 11.3 Å². The van der Waals surface area contributed by atoms with Gasteiger partial charge in [-0.2, -0.15) is 0 Å². The Hall–Kier alpha value is -4.43. The molecule has 0 saturated carbocycles. The van der Waals surface area contributed by atoms with Crippen molar-refractivity contribution in [3.05, 3.63) is 95.1 Å². The van der Waals surface area contributed by atoms with Crippen molar-refractivity contribution in [2.75, 3.05) is 24.3 Å². The predicted octanol–water partition coefficient (Wildman–Crippen LogP) is 5.23. The lowest BCUT2D eigenvalue weighted by Crippen LogP contribution is -2.26. The number of anilines is 2. The monoisotopic (exact) mass is 527 g/mol. The lowest BCUT2D eigenvalue weighted by molar-refractivity contribution is -0.154. The summed E-state index contributed by atoms with van der Waals surface area (Å²) in [6, 6.07) is 22.5. The van der Waals surface area contributed by atoms with Gasteiger partial charge in [0.05, 0.1) is 36.1 Å². The van der Waals surface area contributed by atoms with E-state index in [4.69, 9.17) is 9.47 Å². The van der Waals surface area contributed by atoms with E-state index in [-0.39, 0.29) is 11.9 Å². The Labute approximate surface area is 228 Å². The van der Waals surface area contributed by atoms with Crippen LogP contribution in [0.3, 0.4) is 0 Å². The maximum atomic E-state index is 13.1. The number of ether oxygens (including phenoxy) is 2. The van der Waals surface area contributed by atoms with E-state index in [1.54, 1.807) is 18.2 Å². The number of hydrogen-bond acceptors (Lipinski definition) is 7. The molecule has 0 unspecified atom stereocenters. The number of rotatable bonds is 9. The minimum atomic E-state index is -0.485. The van der Waals surface area contributed by atoms with Crippen molar-refractivity contribution < 1.29 is 23.9 Å². The summed E-state index contributed by atoms with van der Waals surface area (Å²) >= 11 is 0. The molecule has 0 saturated heterocycles. The highest BCUT2D eigenvalue weighted by Gasteiger charge is 2.29. The van der Waals surface area contributed by atoms with Crippen molar-refractivity contribution in [2.45, 2.75) is 39.3 Å². The number of benzene rings is 3. The molecule has 3 N–H and O–H groups in total. The van der Waals surface area contributed by atoms with Crippen LogP contribution in [0.1, 0.15) is 54.2 Å². The molecule has 0 atom stereocenters. The second kappa shape index (κ2) is 12.0. The Balaban J connectivity index is 1.51. The van der Waals surface area contributed by atoms with Crippen molar-refractivity contribution >= 4 is 40.5 Å². The molecule has 0 aromatic heterocycles. The van der Waals surface area contributed by atoms with E-state index >= 15 is 0 Å². The standard InChI is InChI=1S/C31H33N3O5/c1-31(2,3)39-26(35)16-17-32-19-20-10-13-23(14-11-20)33-28(21-8-6-5-7-9-21)27-24-15-12-22(30(37)38-4)18-25(24)34-29(27)36/h5-15,18,32-33H,16-17,19H2,1-4H3,(H,34,36)/b28-27-. The summed E-state index contributed by atoms with van der Waals surface area (Å²) in [6.45, 7) is 6.68. The molecule has 4 rings (SSSR count). The first-order chi connectivity index (χ1) is 18.6. The highest BCUT2D eigenvalue weighted by Crippen LogP contribution is 2.38. The Morgan fingerprint density at radius 1 is 0.923 bits per heavy atom. The van der Waals surface area contributed by atoms with Gasteiger partial charge >= 0.3 is 11.9 Å². The van der Waals surface area contributed by atoms with Gasteiger partial charge in [0.15, 0.2) is 0 Å². The molecular formula is C31H33N3O5. The van der Waals surface area contributed by atoms with Crippen molar-refractivity contribution in [1.29, 1.82) is 0 Å². The summed E-state index contributed by atoms with van der Waals surface area (Å²) in [5.74, 6) is -0.954. The van der Waals surface area contributed by atoms with E-state index in [0.29, 0.717) is 47.6 Å². The fourth-order valence-corrected chi connectivity index (χ4v) is 4.22. The van der Waals surface area contributed by atoms with Crippen LogP contribution >= 0.6 is 0 Å². The number of carbonyl (C=O) groups is 3. The zero-order valence-corrected chi connectivity index (χ0v) is 22.6. The first kappa shape index (κ1) is 27.6. The molecule has 1 aliphatic heterocycles. The van der Waals surface area contributed by atoms with Gasteiger partial charge in [0.1, 0.15) is 5.60 Å². The van der Waals surface area contributed by atoms with Crippen molar-refractivity contribution in [1.82, 2.24) is 5.32 Å². The molecule has 8 heteroatoms. The van der Waals surface area contributed by atoms with Gasteiger partial charge in [-0.05, 0) is 56.2 Å². The second-order valence-corrected chi connectivity index (χ2v) is 10.2. The Kier molecular flexibility index (Phi) is 8.46. The zero-order valence-electron chi connectivity index (χ0n) is 22.6. The first-order valence-electron chi connectivity index (χ1n) is 12.8. The minimum Gasteiger partial charge on any atom is -0.465 e. The molecule has 0 radical (unpaired) electrons. The largest absolute Gasteiger partial charge is 0.465 e. The van der Waals surface area contributed by atoms with Crippen LogP contribution in [0.5, 0.6) is 0 Å². The van der Waals surface area contributed by atoms with Gasteiger partial charge in [-0.1, -0.05) is 48.5 Å². The van der Waals surface area contributed by atoms with Crippen LogP contribution in [0.15, 0.2) is 72.8 Å². The summed E-state index contributed by atoms with van der Waals surface area (Å²) in [6.07, 6.45) is 0.301. The Morgan fingerprint density at radius 3 is 2.31 bits per heavy atom. The van der Waals surface area contributed by atoms with Crippen LogP contribution in [0.4, 0.5) is 11.4 Å². The van der Waals surface area contributed by atoms with E-state index in [1.165, 1.54) is 7.11 Å². The smallest absolute Gasteiger partial charge is 0.337 e. The second-order valence-electron chi connectivity index (χ2n) is 10.2. The summed E-state index contributed by atoms with van der Waals surface area (Å²) in [7, 11) is 1.32. The van der Waals surface area contributed by atoms with E-state index in [2.05, 4.69) is 16.0 Å². The predicted molar refractivity (Wildman–Crippen MR) is 152 cm³/mol. The van der Waals surface area contributed by atoms with E-state index in [1.807, 2.05) is 75.4 Å². The van der Waals surface area contributed by atoms with Gasteiger partial charge in [-0.15, -0.1) is 0 Å². The number of nitrogens with one attached hydrogen (secondary N) is 3. The van der Waals surface area contributed by atoms with E-state index in [9.17, 15) is 14.4 Å². The number of hydrogen-bond donors (Lipinski definition) is 3. The van der Waals surface area contributed by atoms with Crippen molar-refractivity contribution in [3.8, 4) is 0 Å². The fourth-order valence-electron chi connectivity index (χ4n) is 4.22. The summed E-state index contributed by atoms with van der Waals surface area (Å²) < 4.78 is 10.1. The first-order valence-corrected chi connectivity index (χ1v) is 12.8. The van der Waals surface area contributed by atoms with Crippen LogP contribution < -0.4 is 16.0 Å². The molecule has 1 aliphatic rings. The van der Waals surface area contributed by atoms with Crippen LogP contribution in [0, 0.1) is 0 Å². The number of methoxy groups -OCH3 is 1. The highest BCUT2D eigenvalue weighted by atomic mass is 16.6. The SMILES string of the molecule is COC(=O)c1ccc2c(c1)NC(=O)/C2=C(\Nc1ccc(CNCCC(=O)OC(C)(C)C)cc1)c1ccccc1. The molecule has 0 bridgehead atoms. The number of esters is 2. The van der Waals surface area contributed by atoms with Crippen molar-refractivity contribution in [3.63, 3.8) is 0 Å². The van der Waals surface area contributed by atoms with Gasteiger partial charge in [0.25, 0.3) is 5.91 Å².